The van der Waals surface area contributed by atoms with Crippen molar-refractivity contribution in [3.05, 3.63) is 66.4 Å². The monoisotopic (exact) mass is 475 g/mol. The van der Waals surface area contributed by atoms with E-state index in [4.69, 9.17) is 14.2 Å². The molecule has 2 aliphatic heterocycles. The second-order valence-corrected chi connectivity index (χ2v) is 8.86. The molecule has 9 heteroatoms. The molecule has 1 amide bonds. The Labute approximate surface area is 204 Å². The second-order valence-electron chi connectivity index (χ2n) is 8.86. The highest BCUT2D eigenvalue weighted by molar-refractivity contribution is 5.94. The SMILES string of the molecule is COc1ccc(-c2ccnc(N[C@H]3CO[C@H]4[C@H]3OC[C@H]4NC(=O)c3ccc(N(C)C)cc3)n2)cc1. The van der Waals surface area contributed by atoms with Crippen molar-refractivity contribution in [2.24, 2.45) is 0 Å². The number of carbonyl (C=O) groups excluding carboxylic acids is 1. The Morgan fingerprint density at radius 2 is 1.66 bits per heavy atom. The summed E-state index contributed by atoms with van der Waals surface area (Å²) in [5.41, 5.74) is 3.42. The van der Waals surface area contributed by atoms with Crippen LogP contribution in [0.15, 0.2) is 60.8 Å². The fourth-order valence-electron chi connectivity index (χ4n) is 4.43. The zero-order valence-electron chi connectivity index (χ0n) is 20.0. The maximum absolute atomic E-state index is 12.8. The number of carbonyl (C=O) groups is 1. The molecule has 0 aliphatic carbocycles. The van der Waals surface area contributed by atoms with Gasteiger partial charge in [-0.1, -0.05) is 0 Å². The maximum Gasteiger partial charge on any atom is 0.251 e. The Balaban J connectivity index is 1.21. The molecule has 35 heavy (non-hydrogen) atoms. The fourth-order valence-corrected chi connectivity index (χ4v) is 4.43. The number of amides is 1. The first-order valence-electron chi connectivity index (χ1n) is 11.6. The standard InChI is InChI=1S/C26H29N5O4/c1-31(2)18-8-4-17(5-9-18)25(32)28-21-14-34-24-22(15-35-23(21)24)30-26-27-13-12-20(29-26)16-6-10-19(33-3)11-7-16/h4-13,21-24H,14-15H2,1-3H3,(H,28,32)(H,27,29,30)/t21-,22+,23-,24+/m1/s1. The summed E-state index contributed by atoms with van der Waals surface area (Å²) in [6.07, 6.45) is 1.29. The number of anilines is 2. The number of hydrogen-bond acceptors (Lipinski definition) is 8. The largest absolute Gasteiger partial charge is 0.497 e. The highest BCUT2D eigenvalue weighted by Gasteiger charge is 2.48. The Kier molecular flexibility index (Phi) is 6.52. The van der Waals surface area contributed by atoms with Gasteiger partial charge in [-0.05, 0) is 54.6 Å². The highest BCUT2D eigenvalue weighted by atomic mass is 16.6. The molecular formula is C26H29N5O4. The van der Waals surface area contributed by atoms with E-state index >= 15 is 0 Å². The van der Waals surface area contributed by atoms with Crippen molar-refractivity contribution in [3.8, 4) is 17.0 Å². The van der Waals surface area contributed by atoms with Crippen molar-refractivity contribution in [1.29, 1.82) is 0 Å². The van der Waals surface area contributed by atoms with Crippen LogP contribution < -0.4 is 20.3 Å². The van der Waals surface area contributed by atoms with Crippen LogP contribution in [-0.4, -0.2) is 74.6 Å². The van der Waals surface area contributed by atoms with Gasteiger partial charge in [0, 0.05) is 37.1 Å². The molecule has 0 radical (unpaired) electrons. The number of methoxy groups -OCH3 is 1. The summed E-state index contributed by atoms with van der Waals surface area (Å²) >= 11 is 0. The van der Waals surface area contributed by atoms with Gasteiger partial charge in [0.25, 0.3) is 5.91 Å². The van der Waals surface area contributed by atoms with Crippen LogP contribution in [0.5, 0.6) is 5.75 Å². The molecule has 4 atom stereocenters. The van der Waals surface area contributed by atoms with Crippen molar-refractivity contribution in [2.75, 3.05) is 44.6 Å². The lowest BCUT2D eigenvalue weighted by Gasteiger charge is -2.19. The van der Waals surface area contributed by atoms with Crippen LogP contribution >= 0.6 is 0 Å². The van der Waals surface area contributed by atoms with Gasteiger partial charge in [0.15, 0.2) is 0 Å². The van der Waals surface area contributed by atoms with Crippen LogP contribution in [0.3, 0.4) is 0 Å². The quantitative estimate of drug-likeness (QED) is 0.538. The zero-order valence-corrected chi connectivity index (χ0v) is 20.0. The molecule has 0 bridgehead atoms. The normalized spacial score (nSPS) is 22.9. The van der Waals surface area contributed by atoms with Crippen LogP contribution in [0.2, 0.25) is 0 Å². The van der Waals surface area contributed by atoms with Gasteiger partial charge in [0.1, 0.15) is 18.0 Å². The molecule has 1 aromatic heterocycles. The first-order chi connectivity index (χ1) is 17.0. The average molecular weight is 476 g/mol. The molecule has 182 valence electrons. The summed E-state index contributed by atoms with van der Waals surface area (Å²) in [5, 5.41) is 6.42. The molecule has 5 rings (SSSR count). The van der Waals surface area contributed by atoms with Crippen LogP contribution in [0.4, 0.5) is 11.6 Å². The van der Waals surface area contributed by atoms with E-state index in [0.717, 1.165) is 22.7 Å². The lowest BCUT2D eigenvalue weighted by molar-refractivity contribution is 0.0652. The van der Waals surface area contributed by atoms with E-state index in [0.29, 0.717) is 24.7 Å². The van der Waals surface area contributed by atoms with Crippen molar-refractivity contribution < 1.29 is 19.0 Å². The van der Waals surface area contributed by atoms with E-state index in [9.17, 15) is 4.79 Å². The molecule has 0 spiro atoms. The van der Waals surface area contributed by atoms with Crippen LogP contribution in [0.25, 0.3) is 11.3 Å². The van der Waals surface area contributed by atoms with E-state index in [2.05, 4.69) is 20.6 Å². The molecule has 2 aromatic carbocycles. The van der Waals surface area contributed by atoms with Crippen molar-refractivity contribution in [2.45, 2.75) is 24.3 Å². The number of nitrogens with zero attached hydrogens (tertiary/aromatic N) is 3. The summed E-state index contributed by atoms with van der Waals surface area (Å²) in [6.45, 7) is 0.830. The lowest BCUT2D eigenvalue weighted by Crippen LogP contribution is -2.44. The first kappa shape index (κ1) is 23.1. The number of benzene rings is 2. The zero-order chi connectivity index (χ0) is 24.4. The maximum atomic E-state index is 12.8. The van der Waals surface area contributed by atoms with Crippen LogP contribution in [0.1, 0.15) is 10.4 Å². The van der Waals surface area contributed by atoms with E-state index in [1.807, 2.05) is 73.6 Å². The summed E-state index contributed by atoms with van der Waals surface area (Å²) in [6, 6.07) is 16.7. The van der Waals surface area contributed by atoms with Crippen LogP contribution in [-0.2, 0) is 9.47 Å². The smallest absolute Gasteiger partial charge is 0.251 e. The van der Waals surface area contributed by atoms with Crippen molar-refractivity contribution in [3.63, 3.8) is 0 Å². The average Bonchev–Trinajstić information content (AvgIpc) is 3.47. The van der Waals surface area contributed by atoms with E-state index < -0.39 is 0 Å². The molecule has 2 fully saturated rings. The van der Waals surface area contributed by atoms with Gasteiger partial charge in [0.05, 0.1) is 38.1 Å². The third-order valence-corrected chi connectivity index (χ3v) is 6.37. The van der Waals surface area contributed by atoms with Gasteiger partial charge < -0.3 is 29.7 Å². The molecule has 0 saturated carbocycles. The number of hydrogen-bond donors (Lipinski definition) is 2. The number of ether oxygens (including phenoxy) is 3. The van der Waals surface area contributed by atoms with Gasteiger partial charge in [0.2, 0.25) is 5.95 Å². The van der Waals surface area contributed by atoms with Crippen molar-refractivity contribution in [1.82, 2.24) is 15.3 Å². The predicted octanol–water partition coefficient (Wildman–Crippen LogP) is 2.59. The summed E-state index contributed by atoms with van der Waals surface area (Å²) in [5.74, 6) is 1.16. The number of rotatable bonds is 7. The Morgan fingerprint density at radius 3 is 2.34 bits per heavy atom. The minimum Gasteiger partial charge on any atom is -0.497 e. The van der Waals surface area contributed by atoms with E-state index in [1.165, 1.54) is 0 Å². The van der Waals surface area contributed by atoms with Crippen molar-refractivity contribution >= 4 is 17.5 Å². The molecule has 3 aromatic rings. The first-order valence-corrected chi connectivity index (χ1v) is 11.6. The van der Waals surface area contributed by atoms with Gasteiger partial charge in [-0.2, -0.15) is 0 Å². The Morgan fingerprint density at radius 1 is 0.971 bits per heavy atom. The minimum absolute atomic E-state index is 0.118. The predicted molar refractivity (Wildman–Crippen MR) is 133 cm³/mol. The molecular weight excluding hydrogens is 446 g/mol. The van der Waals surface area contributed by atoms with E-state index in [-0.39, 0.29) is 30.2 Å². The Bertz CT molecular complexity index is 1170. The summed E-state index contributed by atoms with van der Waals surface area (Å²) in [4.78, 5) is 23.8. The highest BCUT2D eigenvalue weighted by Crippen LogP contribution is 2.29. The second kappa shape index (κ2) is 9.89. The van der Waals surface area contributed by atoms with Gasteiger partial charge in [-0.3, -0.25) is 4.79 Å². The number of nitrogens with one attached hydrogen (secondary N) is 2. The number of aromatic nitrogens is 2. The lowest BCUT2D eigenvalue weighted by atomic mass is 10.1. The summed E-state index contributed by atoms with van der Waals surface area (Å²) < 4.78 is 17.3. The topological polar surface area (TPSA) is 97.8 Å². The number of fused-ring (bicyclic) bond motifs is 1. The molecule has 0 unspecified atom stereocenters. The van der Waals surface area contributed by atoms with E-state index in [1.54, 1.807) is 13.3 Å². The molecule has 9 nitrogen and oxygen atoms in total. The molecule has 3 heterocycles. The van der Waals surface area contributed by atoms with Gasteiger partial charge in [-0.25, -0.2) is 9.97 Å². The van der Waals surface area contributed by atoms with Crippen LogP contribution in [0, 0.1) is 0 Å². The summed E-state index contributed by atoms with van der Waals surface area (Å²) in [7, 11) is 5.57. The molecule has 2 N–H and O–H groups in total. The minimum atomic E-state index is -0.234. The Hall–Kier alpha value is -3.69. The third kappa shape index (κ3) is 4.91. The van der Waals surface area contributed by atoms with Gasteiger partial charge in [-0.15, -0.1) is 0 Å². The third-order valence-electron chi connectivity index (χ3n) is 6.37. The molecule has 2 aliphatic rings. The van der Waals surface area contributed by atoms with Gasteiger partial charge >= 0.3 is 0 Å². The molecule has 2 saturated heterocycles. The fraction of sp³-hybridized carbons (Fsp3) is 0.346.